The van der Waals surface area contributed by atoms with Gasteiger partial charge in [0.25, 0.3) is 10.2 Å². The lowest BCUT2D eigenvalue weighted by Crippen LogP contribution is -3.16. The number of quaternary nitrogens is 1. The summed E-state index contributed by atoms with van der Waals surface area (Å²) in [4.78, 5) is 14.2. The Morgan fingerprint density at radius 3 is 2.32 bits per heavy atom. The lowest BCUT2D eigenvalue weighted by molar-refractivity contribution is -0.927. The molecule has 178 valence electrons. The van der Waals surface area contributed by atoms with Gasteiger partial charge in [0.15, 0.2) is 5.79 Å². The molecular weight excluding hydrogens is 420 g/mol. The van der Waals surface area contributed by atoms with Gasteiger partial charge < -0.3 is 19.7 Å². The first-order valence-electron chi connectivity index (χ1n) is 12.1. The quantitative estimate of drug-likeness (QED) is 0.551. The van der Waals surface area contributed by atoms with Crippen LogP contribution in [0.25, 0.3) is 0 Å². The molecule has 31 heavy (non-hydrogen) atoms. The molecule has 4 aliphatic heterocycles. The second kappa shape index (κ2) is 10.0. The summed E-state index contributed by atoms with van der Waals surface area (Å²) in [6.45, 7) is 7.99. The van der Waals surface area contributed by atoms with Crippen LogP contribution in [-0.4, -0.2) is 93.8 Å². The van der Waals surface area contributed by atoms with Gasteiger partial charge in [-0.1, -0.05) is 0 Å². The van der Waals surface area contributed by atoms with Crippen molar-refractivity contribution in [2.45, 2.75) is 63.7 Å². The zero-order valence-corrected chi connectivity index (χ0v) is 19.6. The molecule has 4 aliphatic rings. The van der Waals surface area contributed by atoms with E-state index >= 15 is 0 Å². The average molecular weight is 460 g/mol. The molecule has 1 amide bonds. The molecule has 0 aromatic carbocycles. The fourth-order valence-electron chi connectivity index (χ4n) is 5.47. The van der Waals surface area contributed by atoms with Crippen LogP contribution in [-0.2, 0) is 24.5 Å². The largest absolute Gasteiger partial charge is 0.350 e. The summed E-state index contributed by atoms with van der Waals surface area (Å²) in [5, 5.41) is 3.10. The number of hydrogen-bond acceptors (Lipinski definition) is 5. The smallest absolute Gasteiger partial charge is 0.281 e. The van der Waals surface area contributed by atoms with Gasteiger partial charge in [-0.2, -0.15) is 17.0 Å². The molecule has 4 heterocycles. The van der Waals surface area contributed by atoms with E-state index in [9.17, 15) is 13.2 Å². The second-order valence-corrected chi connectivity index (χ2v) is 11.5. The van der Waals surface area contributed by atoms with Crippen molar-refractivity contribution in [3.05, 3.63) is 0 Å². The molecule has 0 bridgehead atoms. The number of likely N-dealkylation sites (tertiary alicyclic amines) is 1. The maximum atomic E-state index is 13.1. The number of ether oxygens (including phenoxy) is 2. The average Bonchev–Trinajstić information content (AvgIpc) is 3.23. The third-order valence-electron chi connectivity index (χ3n) is 7.60. The van der Waals surface area contributed by atoms with Crippen LogP contribution in [0.4, 0.5) is 0 Å². The summed E-state index contributed by atoms with van der Waals surface area (Å²) in [7, 11) is -3.50. The SMILES string of the molecule is CC1CCCC[NH+]1CCNC(=O)C1CCN(S(=O)(=O)N2CCC3(CC2)OCCO3)CC1. The fraction of sp³-hybridized carbons (Fsp3) is 0.952. The molecule has 4 fully saturated rings. The highest BCUT2D eigenvalue weighted by Gasteiger charge is 2.44. The number of piperidine rings is 3. The van der Waals surface area contributed by atoms with Crippen LogP contribution < -0.4 is 10.2 Å². The second-order valence-electron chi connectivity index (χ2n) is 9.53. The predicted molar refractivity (Wildman–Crippen MR) is 116 cm³/mol. The number of carbonyl (C=O) groups excluding carboxylic acids is 1. The van der Waals surface area contributed by atoms with Gasteiger partial charge in [0.2, 0.25) is 5.91 Å². The topological polar surface area (TPSA) is 92.6 Å². The van der Waals surface area contributed by atoms with Crippen LogP contribution >= 0.6 is 0 Å². The van der Waals surface area contributed by atoms with Gasteiger partial charge >= 0.3 is 0 Å². The Bertz CT molecular complexity index is 709. The van der Waals surface area contributed by atoms with Crippen molar-refractivity contribution in [1.29, 1.82) is 0 Å². The standard InChI is InChI=1S/C21H38N4O5S/c1-18-4-2-3-10-23(18)15-9-22-20(26)19-5-11-24(12-6-19)31(27,28)25-13-7-21(8-14-25)29-16-17-30-21/h18-19H,2-17H2,1H3,(H,22,26)/p+1. The molecule has 0 aliphatic carbocycles. The first-order chi connectivity index (χ1) is 14.9. The predicted octanol–water partition coefficient (Wildman–Crippen LogP) is -0.644. The lowest BCUT2D eigenvalue weighted by Gasteiger charge is -2.40. The number of nitrogens with zero attached hydrogens (tertiary/aromatic N) is 2. The van der Waals surface area contributed by atoms with Crippen molar-refractivity contribution in [1.82, 2.24) is 13.9 Å². The van der Waals surface area contributed by atoms with Crippen molar-refractivity contribution in [2.75, 3.05) is 59.0 Å². The maximum Gasteiger partial charge on any atom is 0.281 e. The molecule has 0 aromatic rings. The third kappa shape index (κ3) is 5.42. The third-order valence-corrected chi connectivity index (χ3v) is 9.64. The Balaban J connectivity index is 1.19. The summed E-state index contributed by atoms with van der Waals surface area (Å²) in [6.07, 6.45) is 6.18. The summed E-state index contributed by atoms with van der Waals surface area (Å²) >= 11 is 0. The van der Waals surface area contributed by atoms with Gasteiger partial charge in [0.05, 0.1) is 38.9 Å². The minimum atomic E-state index is -3.50. The van der Waals surface area contributed by atoms with Crippen LogP contribution in [0.2, 0.25) is 0 Å². The van der Waals surface area contributed by atoms with Crippen molar-refractivity contribution in [2.24, 2.45) is 5.92 Å². The van der Waals surface area contributed by atoms with Crippen molar-refractivity contribution < 1.29 is 27.6 Å². The molecular formula is C21H39N4O5S+. The van der Waals surface area contributed by atoms with Crippen LogP contribution in [0.3, 0.4) is 0 Å². The molecule has 0 aromatic heterocycles. The normalized spacial score (nSPS) is 31.1. The summed E-state index contributed by atoms with van der Waals surface area (Å²) < 4.78 is 40.6. The molecule has 4 rings (SSSR count). The molecule has 2 N–H and O–H groups in total. The van der Waals surface area contributed by atoms with E-state index in [1.165, 1.54) is 25.8 Å². The van der Waals surface area contributed by atoms with Gasteiger partial charge in [-0.3, -0.25) is 4.79 Å². The van der Waals surface area contributed by atoms with E-state index in [4.69, 9.17) is 9.47 Å². The first-order valence-corrected chi connectivity index (χ1v) is 13.4. The van der Waals surface area contributed by atoms with Gasteiger partial charge in [-0.15, -0.1) is 0 Å². The van der Waals surface area contributed by atoms with Gasteiger partial charge in [0.1, 0.15) is 0 Å². The van der Waals surface area contributed by atoms with E-state index in [0.717, 1.165) is 6.54 Å². The van der Waals surface area contributed by atoms with Crippen LogP contribution in [0.1, 0.15) is 51.9 Å². The summed E-state index contributed by atoms with van der Waals surface area (Å²) in [5.74, 6) is -0.591. The minimum Gasteiger partial charge on any atom is -0.350 e. The highest BCUT2D eigenvalue weighted by atomic mass is 32.2. The summed E-state index contributed by atoms with van der Waals surface area (Å²) in [5.41, 5.74) is 0. The number of amides is 1. The lowest BCUT2D eigenvalue weighted by atomic mass is 9.97. The Hall–Kier alpha value is -0.780. The highest BCUT2D eigenvalue weighted by Crippen LogP contribution is 2.33. The first kappa shape index (κ1) is 23.4. The number of nitrogens with one attached hydrogen (secondary N) is 2. The Kier molecular flexibility index (Phi) is 7.55. The van der Waals surface area contributed by atoms with Gasteiger partial charge in [0, 0.05) is 44.9 Å². The minimum absolute atomic E-state index is 0.0801. The van der Waals surface area contributed by atoms with E-state index in [0.29, 0.717) is 77.7 Å². The Labute approximate surface area is 186 Å². The fourth-order valence-corrected chi connectivity index (χ4v) is 7.11. The van der Waals surface area contributed by atoms with Crippen LogP contribution in [0.5, 0.6) is 0 Å². The highest BCUT2D eigenvalue weighted by molar-refractivity contribution is 7.86. The molecule has 0 radical (unpaired) electrons. The Morgan fingerprint density at radius 1 is 1.03 bits per heavy atom. The van der Waals surface area contributed by atoms with Crippen molar-refractivity contribution >= 4 is 16.1 Å². The molecule has 9 nitrogen and oxygen atoms in total. The molecule has 2 atom stereocenters. The van der Waals surface area contributed by atoms with E-state index in [1.54, 1.807) is 13.5 Å². The monoisotopic (exact) mass is 459 g/mol. The maximum absolute atomic E-state index is 13.1. The van der Waals surface area contributed by atoms with E-state index in [1.807, 2.05) is 0 Å². The number of rotatable bonds is 6. The van der Waals surface area contributed by atoms with Crippen LogP contribution in [0.15, 0.2) is 0 Å². The van der Waals surface area contributed by atoms with E-state index in [2.05, 4.69) is 12.2 Å². The van der Waals surface area contributed by atoms with Crippen molar-refractivity contribution in [3.8, 4) is 0 Å². The molecule has 1 spiro atoms. The van der Waals surface area contributed by atoms with Gasteiger partial charge in [-0.05, 0) is 39.0 Å². The van der Waals surface area contributed by atoms with Crippen molar-refractivity contribution in [3.63, 3.8) is 0 Å². The number of carbonyl (C=O) groups is 1. The molecule has 4 saturated heterocycles. The zero-order valence-electron chi connectivity index (χ0n) is 18.8. The van der Waals surface area contributed by atoms with E-state index in [-0.39, 0.29) is 11.8 Å². The summed E-state index contributed by atoms with van der Waals surface area (Å²) in [6, 6.07) is 0.676. The van der Waals surface area contributed by atoms with E-state index < -0.39 is 16.0 Å². The molecule has 10 heteroatoms. The van der Waals surface area contributed by atoms with Crippen LogP contribution in [0, 0.1) is 5.92 Å². The Morgan fingerprint density at radius 2 is 1.68 bits per heavy atom. The number of hydrogen-bond donors (Lipinski definition) is 2. The zero-order chi connectivity index (χ0) is 21.9. The molecule has 0 saturated carbocycles. The molecule has 2 unspecified atom stereocenters. The van der Waals surface area contributed by atoms with Gasteiger partial charge in [-0.25, -0.2) is 0 Å².